The second-order valence-corrected chi connectivity index (χ2v) is 9.51. The summed E-state index contributed by atoms with van der Waals surface area (Å²) in [5, 5.41) is 5.36. The lowest BCUT2D eigenvalue weighted by Crippen LogP contribution is -2.26. The third-order valence-electron chi connectivity index (χ3n) is 7.21. The molecule has 4 aromatic carbocycles. The van der Waals surface area contributed by atoms with Gasteiger partial charge in [0.15, 0.2) is 24.8 Å². The van der Waals surface area contributed by atoms with Crippen molar-refractivity contribution in [2.24, 2.45) is 14.1 Å². The third kappa shape index (κ3) is 3.57. The molecular formula is C32H26N2O4+2. The van der Waals surface area contributed by atoms with E-state index in [1.807, 2.05) is 96.5 Å². The van der Waals surface area contributed by atoms with E-state index in [1.54, 1.807) is 0 Å². The number of carbonyl (C=O) groups excluding carboxylic acids is 2. The van der Waals surface area contributed by atoms with Crippen molar-refractivity contribution < 1.29 is 28.2 Å². The first-order valence-electron chi connectivity index (χ1n) is 12.3. The van der Waals surface area contributed by atoms with Crippen molar-refractivity contribution in [1.29, 1.82) is 0 Å². The Morgan fingerprint density at radius 1 is 0.605 bits per heavy atom. The van der Waals surface area contributed by atoms with Gasteiger partial charge >= 0.3 is 11.9 Å². The van der Waals surface area contributed by atoms with E-state index in [1.165, 1.54) is 14.2 Å². The Labute approximate surface area is 219 Å². The summed E-state index contributed by atoms with van der Waals surface area (Å²) in [6.45, 7) is 0. The van der Waals surface area contributed by atoms with Crippen molar-refractivity contribution in [2.45, 2.75) is 0 Å². The van der Waals surface area contributed by atoms with Gasteiger partial charge in [-0.3, -0.25) is 0 Å². The maximum atomic E-state index is 13.1. The van der Waals surface area contributed by atoms with Gasteiger partial charge in [-0.2, -0.15) is 0 Å². The topological polar surface area (TPSA) is 60.4 Å². The Kier molecular flexibility index (Phi) is 5.53. The molecule has 6 aromatic rings. The first-order valence-corrected chi connectivity index (χ1v) is 12.3. The Hall–Kier alpha value is -4.84. The summed E-state index contributed by atoms with van der Waals surface area (Å²) in [4.78, 5) is 26.1. The maximum absolute atomic E-state index is 13.1. The van der Waals surface area contributed by atoms with Crippen LogP contribution in [0.3, 0.4) is 0 Å². The van der Waals surface area contributed by atoms with Crippen molar-refractivity contribution in [1.82, 2.24) is 0 Å². The minimum Gasteiger partial charge on any atom is -0.465 e. The number of esters is 2. The summed E-state index contributed by atoms with van der Waals surface area (Å²) in [5.74, 6) is -0.819. The molecule has 0 bridgehead atoms. The summed E-state index contributed by atoms with van der Waals surface area (Å²) in [6.07, 6.45) is 8.00. The Bertz CT molecular complexity index is 1770. The zero-order chi connectivity index (χ0) is 26.6. The largest absolute Gasteiger partial charge is 0.465 e. The van der Waals surface area contributed by atoms with Gasteiger partial charge in [0.25, 0.3) is 0 Å². The van der Waals surface area contributed by atoms with Crippen LogP contribution in [0.4, 0.5) is 0 Å². The highest BCUT2D eigenvalue weighted by Gasteiger charge is 2.24. The number of carbonyl (C=O) groups is 2. The number of ether oxygens (including phenoxy) is 2. The molecule has 0 radical (unpaired) electrons. The summed E-state index contributed by atoms with van der Waals surface area (Å²) in [7, 11) is 6.72. The minimum atomic E-state index is -0.409. The number of hydrogen-bond donors (Lipinski definition) is 0. The molecular weight excluding hydrogens is 476 g/mol. The zero-order valence-corrected chi connectivity index (χ0v) is 21.6. The van der Waals surface area contributed by atoms with E-state index in [0.29, 0.717) is 11.1 Å². The van der Waals surface area contributed by atoms with Gasteiger partial charge in [0.1, 0.15) is 14.1 Å². The smallest absolute Gasteiger partial charge is 0.338 e. The molecule has 0 atom stereocenters. The fourth-order valence-electron chi connectivity index (χ4n) is 5.52. The number of nitrogens with zero attached hydrogens (tertiary/aromatic N) is 2. The number of rotatable bonds is 4. The van der Waals surface area contributed by atoms with E-state index in [9.17, 15) is 9.59 Å². The normalized spacial score (nSPS) is 11.4. The van der Waals surface area contributed by atoms with Gasteiger partial charge in [-0.05, 0) is 67.7 Å². The molecule has 38 heavy (non-hydrogen) atoms. The molecule has 0 aliphatic rings. The third-order valence-corrected chi connectivity index (χ3v) is 7.21. The number of aromatic nitrogens is 2. The van der Waals surface area contributed by atoms with E-state index in [-0.39, 0.29) is 0 Å². The molecule has 0 unspecified atom stereocenters. The molecule has 0 aliphatic heterocycles. The van der Waals surface area contributed by atoms with Crippen molar-refractivity contribution in [3.05, 3.63) is 96.6 Å². The number of benzene rings is 4. The molecule has 2 heterocycles. The van der Waals surface area contributed by atoms with Crippen LogP contribution in [0.15, 0.2) is 85.5 Å². The van der Waals surface area contributed by atoms with Crippen LogP contribution in [0, 0.1) is 0 Å². The first kappa shape index (κ1) is 23.6. The van der Waals surface area contributed by atoms with Gasteiger partial charge < -0.3 is 9.47 Å². The van der Waals surface area contributed by atoms with Gasteiger partial charge in [-0.15, -0.1) is 0 Å². The Morgan fingerprint density at radius 3 is 1.37 bits per heavy atom. The summed E-state index contributed by atoms with van der Waals surface area (Å²) >= 11 is 0. The van der Waals surface area contributed by atoms with Gasteiger partial charge in [0.2, 0.25) is 0 Å². The Morgan fingerprint density at radius 2 is 1.00 bits per heavy atom. The monoisotopic (exact) mass is 502 g/mol. The summed E-state index contributed by atoms with van der Waals surface area (Å²) in [6, 6.07) is 19.9. The van der Waals surface area contributed by atoms with Gasteiger partial charge in [-0.25, -0.2) is 18.7 Å². The van der Waals surface area contributed by atoms with Crippen molar-refractivity contribution in [3.8, 4) is 22.3 Å². The molecule has 186 valence electrons. The SMILES string of the molecule is COC(=O)c1cc(-c2ccc[n+](C)c2)c2ccc3c(-c4ccc[n+](C)c4)cc(C(=O)OC)c4ccc1c2c43. The van der Waals surface area contributed by atoms with Crippen LogP contribution in [-0.4, -0.2) is 26.2 Å². The second-order valence-electron chi connectivity index (χ2n) is 9.51. The molecule has 0 amide bonds. The van der Waals surface area contributed by atoms with Crippen molar-refractivity contribution in [2.75, 3.05) is 14.2 Å². The quantitative estimate of drug-likeness (QED) is 0.190. The highest BCUT2D eigenvalue weighted by molar-refractivity contribution is 6.32. The fourth-order valence-corrected chi connectivity index (χ4v) is 5.52. The maximum Gasteiger partial charge on any atom is 0.338 e. The van der Waals surface area contributed by atoms with Gasteiger partial charge in [0, 0.05) is 23.3 Å². The standard InChI is InChI=1S/C32H26N2O4/c1-33-13-5-7-19(17-33)25-15-27(31(35)37-3)23-11-12-24-28(32(36)38-4)16-26(20-8-6-14-34(2)18-20)22-10-9-21(25)29(23)30(22)24/h5-18H,1-4H3/q+2. The van der Waals surface area contributed by atoms with E-state index < -0.39 is 11.9 Å². The molecule has 6 heteroatoms. The van der Waals surface area contributed by atoms with E-state index in [2.05, 4.69) is 12.1 Å². The van der Waals surface area contributed by atoms with Crippen LogP contribution < -0.4 is 9.13 Å². The van der Waals surface area contributed by atoms with Gasteiger partial charge in [-0.1, -0.05) is 24.3 Å². The predicted molar refractivity (Wildman–Crippen MR) is 146 cm³/mol. The lowest BCUT2D eigenvalue weighted by molar-refractivity contribution is -0.671. The zero-order valence-electron chi connectivity index (χ0n) is 21.6. The fraction of sp³-hybridized carbons (Fsp3) is 0.125. The average molecular weight is 503 g/mol. The minimum absolute atomic E-state index is 0.409. The molecule has 0 spiro atoms. The number of pyridine rings is 2. The second kappa shape index (κ2) is 8.92. The highest BCUT2D eigenvalue weighted by Crippen LogP contribution is 2.44. The van der Waals surface area contributed by atoms with Crippen LogP contribution in [0.25, 0.3) is 54.6 Å². The molecule has 6 nitrogen and oxygen atoms in total. The average Bonchev–Trinajstić information content (AvgIpc) is 2.94. The summed E-state index contributed by atoms with van der Waals surface area (Å²) < 4.78 is 14.4. The highest BCUT2D eigenvalue weighted by atomic mass is 16.5. The predicted octanol–water partition coefficient (Wildman–Crippen LogP) is 5.14. The van der Waals surface area contributed by atoms with Crippen molar-refractivity contribution in [3.63, 3.8) is 0 Å². The van der Waals surface area contributed by atoms with Crippen LogP contribution in [-0.2, 0) is 23.6 Å². The Balaban J connectivity index is 1.85. The molecule has 6 rings (SSSR count). The van der Waals surface area contributed by atoms with Crippen LogP contribution >= 0.6 is 0 Å². The number of hydrogen-bond acceptors (Lipinski definition) is 4. The van der Waals surface area contributed by atoms with Crippen LogP contribution in [0.5, 0.6) is 0 Å². The molecule has 0 N–H and O–H groups in total. The van der Waals surface area contributed by atoms with Gasteiger partial charge in [0.05, 0.1) is 25.3 Å². The lowest BCUT2D eigenvalue weighted by Gasteiger charge is -2.19. The number of aryl methyl sites for hydroxylation is 2. The molecule has 2 aromatic heterocycles. The lowest BCUT2D eigenvalue weighted by atomic mass is 9.84. The first-order chi connectivity index (χ1) is 18.4. The van der Waals surface area contributed by atoms with Crippen molar-refractivity contribution >= 4 is 44.3 Å². The molecule has 0 aliphatic carbocycles. The van der Waals surface area contributed by atoms with E-state index in [4.69, 9.17) is 9.47 Å². The molecule has 0 saturated carbocycles. The summed E-state index contributed by atoms with van der Waals surface area (Å²) in [5.41, 5.74) is 4.74. The molecule has 0 saturated heterocycles. The van der Waals surface area contributed by atoms with Crippen LogP contribution in [0.1, 0.15) is 20.7 Å². The van der Waals surface area contributed by atoms with E-state index >= 15 is 0 Å². The van der Waals surface area contributed by atoms with E-state index in [0.717, 1.165) is 54.6 Å². The number of methoxy groups -OCH3 is 2. The molecule has 0 fully saturated rings. The van der Waals surface area contributed by atoms with Crippen LogP contribution in [0.2, 0.25) is 0 Å².